The topological polar surface area (TPSA) is 32.5 Å². The Labute approximate surface area is 117 Å². The van der Waals surface area contributed by atoms with E-state index in [2.05, 4.69) is 48.2 Å². The zero-order valence-corrected chi connectivity index (χ0v) is 12.3. The van der Waals surface area contributed by atoms with E-state index in [4.69, 9.17) is 5.73 Å². The van der Waals surface area contributed by atoms with Gasteiger partial charge in [0.25, 0.3) is 0 Å². The SMILES string of the molecule is CN(CCC1CCCCN1C)c1ccc(CN)cc1. The van der Waals surface area contributed by atoms with Gasteiger partial charge >= 0.3 is 0 Å². The molecule has 1 aliphatic heterocycles. The summed E-state index contributed by atoms with van der Waals surface area (Å²) in [7, 11) is 4.44. The highest BCUT2D eigenvalue weighted by Crippen LogP contribution is 2.20. The number of nitrogens with two attached hydrogens (primary N) is 1. The Hall–Kier alpha value is -1.06. The molecule has 2 N–H and O–H groups in total. The fraction of sp³-hybridized carbons (Fsp3) is 0.625. The van der Waals surface area contributed by atoms with Crippen molar-refractivity contribution in [2.45, 2.75) is 38.3 Å². The molecule has 0 bridgehead atoms. The predicted octanol–water partition coefficient (Wildman–Crippen LogP) is 2.46. The third-order valence-corrected chi connectivity index (χ3v) is 4.33. The predicted molar refractivity (Wildman–Crippen MR) is 82.5 cm³/mol. The molecular weight excluding hydrogens is 234 g/mol. The van der Waals surface area contributed by atoms with E-state index in [1.165, 1.54) is 43.5 Å². The summed E-state index contributed by atoms with van der Waals surface area (Å²) in [5, 5.41) is 0. The highest BCUT2D eigenvalue weighted by molar-refractivity contribution is 5.46. The lowest BCUT2D eigenvalue weighted by Gasteiger charge is -2.34. The van der Waals surface area contributed by atoms with Crippen molar-refractivity contribution in [2.75, 3.05) is 32.1 Å². The molecule has 1 aromatic rings. The van der Waals surface area contributed by atoms with Crippen LogP contribution in [0.5, 0.6) is 0 Å². The average Bonchev–Trinajstić information content (AvgIpc) is 2.46. The van der Waals surface area contributed by atoms with Crippen LogP contribution in [0.3, 0.4) is 0 Å². The molecule has 0 aliphatic carbocycles. The summed E-state index contributed by atoms with van der Waals surface area (Å²) in [6.45, 7) is 3.01. The monoisotopic (exact) mass is 261 g/mol. The van der Waals surface area contributed by atoms with E-state index in [0.717, 1.165) is 12.6 Å². The van der Waals surface area contributed by atoms with Gasteiger partial charge in [-0.1, -0.05) is 18.6 Å². The van der Waals surface area contributed by atoms with Gasteiger partial charge in [0.15, 0.2) is 0 Å². The summed E-state index contributed by atoms with van der Waals surface area (Å²) < 4.78 is 0. The maximum atomic E-state index is 5.63. The van der Waals surface area contributed by atoms with Crippen LogP contribution in [0.1, 0.15) is 31.2 Å². The smallest absolute Gasteiger partial charge is 0.0363 e. The number of likely N-dealkylation sites (tertiary alicyclic amines) is 1. The molecule has 1 atom stereocenters. The number of piperidine rings is 1. The van der Waals surface area contributed by atoms with Gasteiger partial charge in [-0.15, -0.1) is 0 Å². The van der Waals surface area contributed by atoms with Gasteiger partial charge in [-0.3, -0.25) is 0 Å². The Morgan fingerprint density at radius 3 is 2.63 bits per heavy atom. The summed E-state index contributed by atoms with van der Waals surface area (Å²) in [6.07, 6.45) is 5.37. The minimum absolute atomic E-state index is 0.622. The first-order valence-corrected chi connectivity index (χ1v) is 7.41. The Balaban J connectivity index is 1.84. The highest BCUT2D eigenvalue weighted by Gasteiger charge is 2.18. The van der Waals surface area contributed by atoms with Crippen LogP contribution in [0, 0.1) is 0 Å². The standard InChI is InChI=1S/C16H27N3/c1-18-11-4-3-5-15(18)10-12-19(2)16-8-6-14(13-17)7-9-16/h6-9,15H,3-5,10-13,17H2,1-2H3. The molecule has 1 unspecified atom stereocenters. The molecule has 19 heavy (non-hydrogen) atoms. The van der Waals surface area contributed by atoms with Crippen LogP contribution in [-0.4, -0.2) is 38.1 Å². The first-order chi connectivity index (χ1) is 9.20. The molecule has 0 amide bonds. The van der Waals surface area contributed by atoms with E-state index < -0.39 is 0 Å². The Bertz CT molecular complexity index is 374. The molecule has 0 radical (unpaired) electrons. The third kappa shape index (κ3) is 3.95. The van der Waals surface area contributed by atoms with Crippen LogP contribution in [0.15, 0.2) is 24.3 Å². The van der Waals surface area contributed by atoms with Crippen molar-refractivity contribution in [1.29, 1.82) is 0 Å². The van der Waals surface area contributed by atoms with Crippen molar-refractivity contribution in [3.8, 4) is 0 Å². The van der Waals surface area contributed by atoms with Crippen LogP contribution in [0.4, 0.5) is 5.69 Å². The van der Waals surface area contributed by atoms with Gasteiger partial charge < -0.3 is 15.5 Å². The molecule has 0 saturated carbocycles. The number of benzene rings is 1. The van der Waals surface area contributed by atoms with Gasteiger partial charge in [0.1, 0.15) is 0 Å². The van der Waals surface area contributed by atoms with Crippen molar-refractivity contribution < 1.29 is 0 Å². The minimum Gasteiger partial charge on any atom is -0.375 e. The second-order valence-corrected chi connectivity index (χ2v) is 5.71. The molecule has 0 spiro atoms. The maximum absolute atomic E-state index is 5.63. The molecule has 0 aromatic heterocycles. The second-order valence-electron chi connectivity index (χ2n) is 5.71. The van der Waals surface area contributed by atoms with E-state index in [0.29, 0.717) is 6.54 Å². The van der Waals surface area contributed by atoms with E-state index in [1.54, 1.807) is 0 Å². The number of hydrogen-bond acceptors (Lipinski definition) is 3. The quantitative estimate of drug-likeness (QED) is 0.883. The lowest BCUT2D eigenvalue weighted by atomic mass is 10.00. The number of hydrogen-bond donors (Lipinski definition) is 1. The van der Waals surface area contributed by atoms with Crippen molar-refractivity contribution in [1.82, 2.24) is 4.90 Å². The van der Waals surface area contributed by atoms with E-state index in [1.807, 2.05) is 0 Å². The van der Waals surface area contributed by atoms with E-state index >= 15 is 0 Å². The van der Waals surface area contributed by atoms with Crippen LogP contribution in [-0.2, 0) is 6.54 Å². The largest absolute Gasteiger partial charge is 0.375 e. The Morgan fingerprint density at radius 2 is 2.00 bits per heavy atom. The van der Waals surface area contributed by atoms with Gasteiger partial charge in [-0.25, -0.2) is 0 Å². The highest BCUT2D eigenvalue weighted by atomic mass is 15.1. The fourth-order valence-corrected chi connectivity index (χ4v) is 2.87. The molecule has 1 aliphatic rings. The van der Waals surface area contributed by atoms with Crippen LogP contribution in [0.25, 0.3) is 0 Å². The molecule has 106 valence electrons. The summed E-state index contributed by atoms with van der Waals surface area (Å²) in [5.74, 6) is 0. The third-order valence-electron chi connectivity index (χ3n) is 4.33. The van der Waals surface area contributed by atoms with E-state index in [-0.39, 0.29) is 0 Å². The molecule has 1 fully saturated rings. The Kier molecular flexibility index (Phi) is 5.23. The summed E-state index contributed by atoms with van der Waals surface area (Å²) >= 11 is 0. The molecular formula is C16H27N3. The molecule has 1 heterocycles. The van der Waals surface area contributed by atoms with Gasteiger partial charge in [0.05, 0.1) is 0 Å². The number of nitrogens with zero attached hydrogens (tertiary/aromatic N) is 2. The zero-order chi connectivity index (χ0) is 13.7. The van der Waals surface area contributed by atoms with Gasteiger partial charge in [-0.2, -0.15) is 0 Å². The first kappa shape index (κ1) is 14.4. The molecule has 3 nitrogen and oxygen atoms in total. The lowest BCUT2D eigenvalue weighted by molar-refractivity contribution is 0.178. The number of rotatable bonds is 5. The summed E-state index contributed by atoms with van der Waals surface area (Å²) in [5.41, 5.74) is 8.11. The molecule has 1 aromatic carbocycles. The normalized spacial score (nSPS) is 20.5. The second kappa shape index (κ2) is 6.92. The van der Waals surface area contributed by atoms with Gasteiger partial charge in [0.2, 0.25) is 0 Å². The fourth-order valence-electron chi connectivity index (χ4n) is 2.87. The van der Waals surface area contributed by atoms with Crippen molar-refractivity contribution in [3.05, 3.63) is 29.8 Å². The zero-order valence-electron chi connectivity index (χ0n) is 12.3. The molecule has 1 saturated heterocycles. The van der Waals surface area contributed by atoms with Crippen molar-refractivity contribution >= 4 is 5.69 Å². The van der Waals surface area contributed by atoms with Crippen LogP contribution >= 0.6 is 0 Å². The number of anilines is 1. The Morgan fingerprint density at radius 1 is 1.26 bits per heavy atom. The van der Waals surface area contributed by atoms with Crippen molar-refractivity contribution in [2.24, 2.45) is 5.73 Å². The summed E-state index contributed by atoms with van der Waals surface area (Å²) in [6, 6.07) is 9.36. The maximum Gasteiger partial charge on any atom is 0.0363 e. The van der Waals surface area contributed by atoms with Crippen LogP contribution < -0.4 is 10.6 Å². The van der Waals surface area contributed by atoms with Gasteiger partial charge in [-0.05, 0) is 50.6 Å². The van der Waals surface area contributed by atoms with Crippen LogP contribution in [0.2, 0.25) is 0 Å². The first-order valence-electron chi connectivity index (χ1n) is 7.41. The molecule has 2 rings (SSSR count). The van der Waals surface area contributed by atoms with Crippen molar-refractivity contribution in [3.63, 3.8) is 0 Å². The summed E-state index contributed by atoms with van der Waals surface area (Å²) in [4.78, 5) is 4.87. The average molecular weight is 261 g/mol. The minimum atomic E-state index is 0.622. The molecule has 3 heteroatoms. The lowest BCUT2D eigenvalue weighted by Crippen LogP contribution is -2.38. The van der Waals surface area contributed by atoms with E-state index in [9.17, 15) is 0 Å². The van der Waals surface area contributed by atoms with Gasteiger partial charge in [0, 0.05) is 31.9 Å².